The van der Waals surface area contributed by atoms with Gasteiger partial charge in [-0.05, 0) is 42.9 Å². The Morgan fingerprint density at radius 1 is 1.00 bits per heavy atom. The maximum Gasteiger partial charge on any atom is 0.200 e. The maximum absolute atomic E-state index is 10.0. The predicted octanol–water partition coefficient (Wildman–Crippen LogP) is 2.88. The Morgan fingerprint density at radius 3 is 2.20 bits per heavy atom. The van der Waals surface area contributed by atoms with Gasteiger partial charge in [-0.2, -0.15) is 0 Å². The molecule has 0 aromatic heterocycles. The Kier molecular flexibility index (Phi) is 6.21. The Balaban J connectivity index is 1.52. The van der Waals surface area contributed by atoms with Crippen LogP contribution in [0.1, 0.15) is 24.8 Å². The van der Waals surface area contributed by atoms with Gasteiger partial charge in [-0.15, -0.1) is 0 Å². The highest BCUT2D eigenvalue weighted by molar-refractivity contribution is 5.52. The number of phenolic OH excluding ortho intramolecular Hbond substituents is 1. The van der Waals surface area contributed by atoms with E-state index in [-0.39, 0.29) is 5.75 Å². The standard InChI is InChI=1S/C20H30N2O3/c1-24-18-12-17(13-19(25-2)20(18)23)15-22-10-8-21(9-11-22)14-16-6-4-3-5-7-16/h3-4,12-13,16,23H,5-11,14-15H2,1-2H3. The highest BCUT2D eigenvalue weighted by Gasteiger charge is 2.21. The smallest absolute Gasteiger partial charge is 0.200 e. The average Bonchev–Trinajstić information content (AvgIpc) is 2.65. The number of allylic oxidation sites excluding steroid dienone is 2. The lowest BCUT2D eigenvalue weighted by Gasteiger charge is -2.36. The van der Waals surface area contributed by atoms with E-state index in [9.17, 15) is 5.11 Å². The zero-order valence-corrected chi connectivity index (χ0v) is 15.4. The normalized spacial score (nSPS) is 22.1. The number of aromatic hydroxyl groups is 1. The fraction of sp³-hybridized carbons (Fsp3) is 0.600. The summed E-state index contributed by atoms with van der Waals surface area (Å²) < 4.78 is 10.5. The van der Waals surface area contributed by atoms with Crippen LogP contribution in [0, 0.1) is 5.92 Å². The van der Waals surface area contributed by atoms with Gasteiger partial charge in [-0.3, -0.25) is 4.90 Å². The van der Waals surface area contributed by atoms with Crippen molar-refractivity contribution in [2.75, 3.05) is 46.9 Å². The highest BCUT2D eigenvalue weighted by atomic mass is 16.5. The molecule has 1 aromatic rings. The monoisotopic (exact) mass is 346 g/mol. The second-order valence-corrected chi connectivity index (χ2v) is 7.08. The SMILES string of the molecule is COc1cc(CN2CCN(CC3CC=CCC3)CC2)cc(OC)c1O. The van der Waals surface area contributed by atoms with Crippen molar-refractivity contribution < 1.29 is 14.6 Å². The van der Waals surface area contributed by atoms with Crippen molar-refractivity contribution in [2.24, 2.45) is 5.92 Å². The number of benzene rings is 1. The summed E-state index contributed by atoms with van der Waals surface area (Å²) >= 11 is 0. The van der Waals surface area contributed by atoms with Gasteiger partial charge >= 0.3 is 0 Å². The van der Waals surface area contributed by atoms with Crippen molar-refractivity contribution in [1.29, 1.82) is 0 Å². The van der Waals surface area contributed by atoms with Gasteiger partial charge < -0.3 is 19.5 Å². The van der Waals surface area contributed by atoms with E-state index >= 15 is 0 Å². The predicted molar refractivity (Wildman–Crippen MR) is 99.4 cm³/mol. The minimum absolute atomic E-state index is 0.0695. The Bertz CT molecular complexity index is 570. The molecule has 1 aliphatic heterocycles. The van der Waals surface area contributed by atoms with Crippen molar-refractivity contribution in [3.8, 4) is 17.2 Å². The lowest BCUT2D eigenvalue weighted by molar-refractivity contribution is 0.111. The molecule has 0 radical (unpaired) electrons. The topological polar surface area (TPSA) is 45.2 Å². The van der Waals surface area contributed by atoms with Crippen molar-refractivity contribution in [2.45, 2.75) is 25.8 Å². The molecule has 1 N–H and O–H groups in total. The van der Waals surface area contributed by atoms with Gasteiger partial charge in [0.05, 0.1) is 14.2 Å². The second-order valence-electron chi connectivity index (χ2n) is 7.08. The fourth-order valence-corrected chi connectivity index (χ4v) is 3.81. The number of rotatable bonds is 6. The summed E-state index contributed by atoms with van der Waals surface area (Å²) in [4.78, 5) is 5.07. The molecule has 1 aromatic carbocycles. The molecule has 1 fully saturated rings. The minimum atomic E-state index is 0.0695. The van der Waals surface area contributed by atoms with E-state index < -0.39 is 0 Å². The highest BCUT2D eigenvalue weighted by Crippen LogP contribution is 2.37. The van der Waals surface area contributed by atoms with E-state index in [2.05, 4.69) is 22.0 Å². The molecule has 3 rings (SSSR count). The van der Waals surface area contributed by atoms with Gasteiger partial charge in [0.25, 0.3) is 0 Å². The molecular formula is C20H30N2O3. The van der Waals surface area contributed by atoms with Gasteiger partial charge in [0.2, 0.25) is 5.75 Å². The Hall–Kier alpha value is -1.72. The number of nitrogens with zero attached hydrogens (tertiary/aromatic N) is 2. The van der Waals surface area contributed by atoms with Gasteiger partial charge in [-0.25, -0.2) is 0 Å². The van der Waals surface area contributed by atoms with Crippen molar-refractivity contribution >= 4 is 0 Å². The van der Waals surface area contributed by atoms with E-state index in [1.165, 1.54) is 25.8 Å². The van der Waals surface area contributed by atoms with Crippen LogP contribution in [0.4, 0.5) is 0 Å². The van der Waals surface area contributed by atoms with E-state index in [0.717, 1.165) is 44.2 Å². The number of ether oxygens (including phenoxy) is 2. The number of hydrogen-bond acceptors (Lipinski definition) is 5. The van der Waals surface area contributed by atoms with E-state index in [4.69, 9.17) is 9.47 Å². The summed E-state index contributed by atoms with van der Waals surface area (Å²) in [5.74, 6) is 1.85. The third kappa shape index (κ3) is 4.67. The summed E-state index contributed by atoms with van der Waals surface area (Å²) in [6.07, 6.45) is 8.48. The molecule has 5 nitrogen and oxygen atoms in total. The largest absolute Gasteiger partial charge is 0.502 e. The number of methoxy groups -OCH3 is 2. The molecule has 138 valence electrons. The summed E-state index contributed by atoms with van der Waals surface area (Å²) in [6, 6.07) is 3.80. The zero-order valence-electron chi connectivity index (χ0n) is 15.4. The van der Waals surface area contributed by atoms with E-state index in [1.54, 1.807) is 14.2 Å². The van der Waals surface area contributed by atoms with Crippen molar-refractivity contribution in [3.63, 3.8) is 0 Å². The van der Waals surface area contributed by atoms with Crippen LogP contribution in [0.5, 0.6) is 17.2 Å². The molecule has 2 aliphatic rings. The minimum Gasteiger partial charge on any atom is -0.502 e. The molecule has 25 heavy (non-hydrogen) atoms. The van der Waals surface area contributed by atoms with E-state index in [0.29, 0.717) is 11.5 Å². The van der Waals surface area contributed by atoms with Gasteiger partial charge in [0.1, 0.15) is 0 Å². The molecule has 1 heterocycles. The molecule has 1 unspecified atom stereocenters. The van der Waals surface area contributed by atoms with Crippen LogP contribution in [0.15, 0.2) is 24.3 Å². The molecule has 0 bridgehead atoms. The first-order valence-corrected chi connectivity index (χ1v) is 9.23. The first-order chi connectivity index (χ1) is 12.2. The third-order valence-corrected chi connectivity index (χ3v) is 5.30. The molecule has 5 heteroatoms. The molecule has 1 atom stereocenters. The van der Waals surface area contributed by atoms with Crippen LogP contribution in [-0.4, -0.2) is 61.8 Å². The number of hydrogen-bond donors (Lipinski definition) is 1. The summed E-state index contributed by atoms with van der Waals surface area (Å²) in [6.45, 7) is 6.51. The van der Waals surface area contributed by atoms with Crippen LogP contribution >= 0.6 is 0 Å². The third-order valence-electron chi connectivity index (χ3n) is 5.30. The average molecular weight is 346 g/mol. The second kappa shape index (κ2) is 8.59. The van der Waals surface area contributed by atoms with Gasteiger partial charge in [0.15, 0.2) is 11.5 Å². The Morgan fingerprint density at radius 2 is 1.64 bits per heavy atom. The number of phenols is 1. The molecule has 0 amide bonds. The van der Waals surface area contributed by atoms with Crippen molar-refractivity contribution in [1.82, 2.24) is 9.80 Å². The van der Waals surface area contributed by atoms with Crippen molar-refractivity contribution in [3.05, 3.63) is 29.8 Å². The quantitative estimate of drug-likeness (QED) is 0.803. The van der Waals surface area contributed by atoms with Crippen LogP contribution in [0.25, 0.3) is 0 Å². The van der Waals surface area contributed by atoms with Crippen LogP contribution in [-0.2, 0) is 6.54 Å². The molecule has 1 saturated heterocycles. The van der Waals surface area contributed by atoms with Crippen LogP contribution in [0.2, 0.25) is 0 Å². The first-order valence-electron chi connectivity index (χ1n) is 9.23. The summed E-state index contributed by atoms with van der Waals surface area (Å²) in [5.41, 5.74) is 1.11. The van der Waals surface area contributed by atoms with Crippen LogP contribution in [0.3, 0.4) is 0 Å². The van der Waals surface area contributed by atoms with Crippen LogP contribution < -0.4 is 9.47 Å². The Labute approximate surface area is 150 Å². The van der Waals surface area contributed by atoms with E-state index in [1.807, 2.05) is 12.1 Å². The molecular weight excluding hydrogens is 316 g/mol. The lowest BCUT2D eigenvalue weighted by Crippen LogP contribution is -2.47. The maximum atomic E-state index is 10.0. The molecule has 0 spiro atoms. The van der Waals surface area contributed by atoms with Gasteiger partial charge in [0, 0.05) is 39.3 Å². The molecule has 1 aliphatic carbocycles. The number of piperazine rings is 1. The zero-order chi connectivity index (χ0) is 17.6. The first kappa shape index (κ1) is 18.1. The summed E-state index contributed by atoms with van der Waals surface area (Å²) in [7, 11) is 3.13. The summed E-state index contributed by atoms with van der Waals surface area (Å²) in [5, 5.41) is 10.0. The van der Waals surface area contributed by atoms with Gasteiger partial charge in [-0.1, -0.05) is 12.2 Å². The fourth-order valence-electron chi connectivity index (χ4n) is 3.81. The molecule has 0 saturated carbocycles. The lowest BCUT2D eigenvalue weighted by atomic mass is 9.94.